The summed E-state index contributed by atoms with van der Waals surface area (Å²) in [7, 11) is 0. The van der Waals surface area contributed by atoms with E-state index in [0.717, 1.165) is 11.1 Å². The third-order valence-corrected chi connectivity index (χ3v) is 3.99. The van der Waals surface area contributed by atoms with Gasteiger partial charge in [-0.25, -0.2) is 4.39 Å². The number of carbonyl (C=O) groups excluding carboxylic acids is 1. The molecule has 0 aliphatic rings. The highest BCUT2D eigenvalue weighted by Crippen LogP contribution is 2.17. The number of para-hydroxylation sites is 1. The fourth-order valence-electron chi connectivity index (χ4n) is 2.84. The third-order valence-electron chi connectivity index (χ3n) is 3.99. The fraction of sp³-hybridized carbons (Fsp3) is 0.200. The normalized spacial score (nSPS) is 10.8. The van der Waals surface area contributed by atoms with E-state index in [1.807, 2.05) is 16.7 Å². The van der Waals surface area contributed by atoms with Gasteiger partial charge in [0.05, 0.1) is 18.5 Å². The van der Waals surface area contributed by atoms with Crippen LogP contribution in [0, 0.1) is 5.82 Å². The Labute approximate surface area is 144 Å². The van der Waals surface area contributed by atoms with Crippen molar-refractivity contribution in [2.75, 3.05) is 6.61 Å². The molecule has 0 saturated heterocycles. The van der Waals surface area contributed by atoms with Crippen LogP contribution in [0.25, 0.3) is 10.9 Å². The molecule has 4 nitrogen and oxygen atoms in total. The molecule has 25 heavy (non-hydrogen) atoms. The summed E-state index contributed by atoms with van der Waals surface area (Å²) < 4.78 is 20.1. The Bertz CT molecular complexity index is 961. The van der Waals surface area contributed by atoms with Crippen molar-refractivity contribution in [1.82, 2.24) is 4.57 Å². The Kier molecular flexibility index (Phi) is 4.93. The van der Waals surface area contributed by atoms with Crippen LogP contribution in [0.4, 0.5) is 4.39 Å². The Hall–Kier alpha value is -2.95. The van der Waals surface area contributed by atoms with Gasteiger partial charge in [0.2, 0.25) is 0 Å². The Morgan fingerprint density at radius 2 is 1.84 bits per heavy atom. The standard InChI is InChI=1S/C20H18FNO3/c1-2-25-20(24)12-16-11-19(23)17-5-3-4-6-18(17)22(16)13-14-7-9-15(21)10-8-14/h3-11H,2,12-13H2,1H3. The number of benzene rings is 2. The molecule has 2 aromatic carbocycles. The molecule has 0 fully saturated rings. The summed E-state index contributed by atoms with van der Waals surface area (Å²) in [5, 5.41) is 0.581. The molecule has 0 saturated carbocycles. The Balaban J connectivity index is 2.11. The van der Waals surface area contributed by atoms with Gasteiger partial charge in [-0.15, -0.1) is 0 Å². The van der Waals surface area contributed by atoms with Crippen LogP contribution in [-0.2, 0) is 22.5 Å². The highest BCUT2D eigenvalue weighted by molar-refractivity contribution is 5.80. The van der Waals surface area contributed by atoms with Crippen molar-refractivity contribution in [3.63, 3.8) is 0 Å². The maximum atomic E-state index is 13.2. The molecular formula is C20H18FNO3. The summed E-state index contributed by atoms with van der Waals surface area (Å²) in [6.45, 7) is 2.45. The van der Waals surface area contributed by atoms with Gasteiger partial charge in [0.15, 0.2) is 5.43 Å². The van der Waals surface area contributed by atoms with Gasteiger partial charge in [-0.05, 0) is 36.8 Å². The van der Waals surface area contributed by atoms with E-state index in [2.05, 4.69) is 0 Å². The number of ether oxygens (including phenoxy) is 1. The van der Waals surface area contributed by atoms with Crippen LogP contribution in [0.15, 0.2) is 59.4 Å². The van der Waals surface area contributed by atoms with Crippen molar-refractivity contribution in [2.24, 2.45) is 0 Å². The number of hydrogen-bond acceptors (Lipinski definition) is 3. The van der Waals surface area contributed by atoms with E-state index in [9.17, 15) is 14.0 Å². The van der Waals surface area contributed by atoms with Crippen molar-refractivity contribution < 1.29 is 13.9 Å². The van der Waals surface area contributed by atoms with Gasteiger partial charge < -0.3 is 9.30 Å². The molecule has 5 heteroatoms. The molecule has 0 aliphatic heterocycles. The average Bonchev–Trinajstić information content (AvgIpc) is 2.60. The van der Waals surface area contributed by atoms with Crippen LogP contribution >= 0.6 is 0 Å². The number of carbonyl (C=O) groups is 1. The smallest absolute Gasteiger partial charge is 0.311 e. The number of pyridine rings is 1. The minimum atomic E-state index is -0.384. The number of fused-ring (bicyclic) bond motifs is 1. The lowest BCUT2D eigenvalue weighted by Gasteiger charge is -2.17. The van der Waals surface area contributed by atoms with Gasteiger partial charge in [0.25, 0.3) is 0 Å². The first-order valence-corrected chi connectivity index (χ1v) is 8.10. The molecule has 0 spiro atoms. The highest BCUT2D eigenvalue weighted by Gasteiger charge is 2.13. The zero-order valence-corrected chi connectivity index (χ0v) is 13.9. The maximum absolute atomic E-state index is 13.2. The summed E-state index contributed by atoms with van der Waals surface area (Å²) in [5.74, 6) is -0.690. The van der Waals surface area contributed by atoms with Gasteiger partial charge in [-0.3, -0.25) is 9.59 Å². The van der Waals surface area contributed by atoms with Crippen molar-refractivity contribution >= 4 is 16.9 Å². The number of nitrogens with zero attached hydrogens (tertiary/aromatic N) is 1. The van der Waals surface area contributed by atoms with Gasteiger partial charge >= 0.3 is 5.97 Å². The van der Waals surface area contributed by atoms with E-state index in [1.54, 1.807) is 31.2 Å². The number of rotatable bonds is 5. The molecule has 0 bridgehead atoms. The first kappa shape index (κ1) is 16.9. The lowest BCUT2D eigenvalue weighted by Crippen LogP contribution is -2.19. The fourth-order valence-corrected chi connectivity index (χ4v) is 2.84. The molecule has 0 amide bonds. The summed E-state index contributed by atoms with van der Waals surface area (Å²) >= 11 is 0. The van der Waals surface area contributed by atoms with Crippen LogP contribution in [0.5, 0.6) is 0 Å². The average molecular weight is 339 g/mol. The zero-order chi connectivity index (χ0) is 17.8. The number of aromatic nitrogens is 1. The van der Waals surface area contributed by atoms with Crippen molar-refractivity contribution in [1.29, 1.82) is 0 Å². The predicted molar refractivity (Wildman–Crippen MR) is 94.0 cm³/mol. The van der Waals surface area contributed by atoms with E-state index in [-0.39, 0.29) is 30.2 Å². The molecule has 1 aromatic heterocycles. The highest BCUT2D eigenvalue weighted by atomic mass is 19.1. The molecule has 0 radical (unpaired) electrons. The summed E-state index contributed by atoms with van der Waals surface area (Å²) in [6.07, 6.45) is 0.00904. The lowest BCUT2D eigenvalue weighted by molar-refractivity contribution is -0.142. The van der Waals surface area contributed by atoms with Crippen molar-refractivity contribution in [2.45, 2.75) is 19.9 Å². The molecule has 1 heterocycles. The van der Waals surface area contributed by atoms with Crippen molar-refractivity contribution in [3.05, 3.63) is 81.9 Å². The summed E-state index contributed by atoms with van der Waals surface area (Å²) in [6, 6.07) is 14.9. The Morgan fingerprint density at radius 1 is 1.12 bits per heavy atom. The van der Waals surface area contributed by atoms with E-state index >= 15 is 0 Å². The molecule has 0 N–H and O–H groups in total. The van der Waals surface area contributed by atoms with Crippen molar-refractivity contribution in [3.8, 4) is 0 Å². The predicted octanol–water partition coefficient (Wildman–Crippen LogP) is 3.29. The van der Waals surface area contributed by atoms with Gasteiger partial charge in [0, 0.05) is 23.7 Å². The third kappa shape index (κ3) is 3.76. The van der Waals surface area contributed by atoms with E-state index in [0.29, 0.717) is 17.6 Å². The van der Waals surface area contributed by atoms with Crippen LogP contribution in [0.1, 0.15) is 18.2 Å². The number of halogens is 1. The van der Waals surface area contributed by atoms with E-state index in [4.69, 9.17) is 4.74 Å². The first-order valence-electron chi connectivity index (χ1n) is 8.10. The molecular weight excluding hydrogens is 321 g/mol. The molecule has 0 unspecified atom stereocenters. The largest absolute Gasteiger partial charge is 0.466 e. The molecule has 128 valence electrons. The minimum absolute atomic E-state index is 0.00904. The molecule has 3 rings (SSSR count). The van der Waals surface area contributed by atoms with E-state index < -0.39 is 0 Å². The molecule has 0 atom stereocenters. The number of esters is 1. The van der Waals surface area contributed by atoms with Gasteiger partial charge in [-0.2, -0.15) is 0 Å². The summed E-state index contributed by atoms with van der Waals surface area (Å²) in [4.78, 5) is 24.3. The maximum Gasteiger partial charge on any atom is 0.311 e. The zero-order valence-electron chi connectivity index (χ0n) is 13.9. The van der Waals surface area contributed by atoms with Gasteiger partial charge in [0.1, 0.15) is 5.82 Å². The first-order chi connectivity index (χ1) is 12.1. The van der Waals surface area contributed by atoms with Crippen LogP contribution in [0.2, 0.25) is 0 Å². The lowest BCUT2D eigenvalue weighted by atomic mass is 10.1. The SMILES string of the molecule is CCOC(=O)Cc1cc(=O)c2ccccc2n1Cc1ccc(F)cc1. The second kappa shape index (κ2) is 7.30. The molecule has 3 aromatic rings. The molecule has 0 aliphatic carbocycles. The van der Waals surface area contributed by atoms with Crippen LogP contribution < -0.4 is 5.43 Å². The second-order valence-electron chi connectivity index (χ2n) is 5.71. The Morgan fingerprint density at radius 3 is 2.56 bits per heavy atom. The minimum Gasteiger partial charge on any atom is -0.466 e. The monoisotopic (exact) mass is 339 g/mol. The van der Waals surface area contributed by atoms with Crippen LogP contribution in [0.3, 0.4) is 0 Å². The summed E-state index contributed by atoms with van der Waals surface area (Å²) in [5.41, 5.74) is 2.05. The van der Waals surface area contributed by atoms with E-state index in [1.165, 1.54) is 18.2 Å². The van der Waals surface area contributed by atoms with Gasteiger partial charge in [-0.1, -0.05) is 24.3 Å². The quantitative estimate of drug-likeness (QED) is 0.670. The number of hydrogen-bond donors (Lipinski definition) is 0. The second-order valence-corrected chi connectivity index (χ2v) is 5.71. The topological polar surface area (TPSA) is 48.3 Å². The van der Waals surface area contributed by atoms with Crippen LogP contribution in [-0.4, -0.2) is 17.1 Å².